The summed E-state index contributed by atoms with van der Waals surface area (Å²) in [5.74, 6) is -0.325. The van der Waals surface area contributed by atoms with Crippen molar-refractivity contribution in [2.24, 2.45) is 0 Å². The summed E-state index contributed by atoms with van der Waals surface area (Å²) in [6, 6.07) is 7.70. The average Bonchev–Trinajstić information content (AvgIpc) is 3.08. The molecular formula is C15H14ClN5OS. The lowest BCUT2D eigenvalue weighted by Gasteiger charge is -2.02. The number of halogens is 1. The second-order valence-electron chi connectivity index (χ2n) is 5.01. The smallest absolute Gasteiger partial charge is 0.279 e. The van der Waals surface area contributed by atoms with Gasteiger partial charge in [-0.1, -0.05) is 29.8 Å². The first kappa shape index (κ1) is 15.6. The number of hydrogen-bond donors (Lipinski definition) is 2. The molecule has 0 fully saturated rings. The maximum atomic E-state index is 12.1. The summed E-state index contributed by atoms with van der Waals surface area (Å²) in [7, 11) is 0. The number of aromatic amines is 1. The van der Waals surface area contributed by atoms with Gasteiger partial charge in [0.05, 0.1) is 11.4 Å². The highest BCUT2D eigenvalue weighted by Gasteiger charge is 2.16. The monoisotopic (exact) mass is 347 g/mol. The summed E-state index contributed by atoms with van der Waals surface area (Å²) in [6.07, 6.45) is 0.683. The van der Waals surface area contributed by atoms with Gasteiger partial charge in [-0.2, -0.15) is 15.4 Å². The van der Waals surface area contributed by atoms with Crippen LogP contribution in [-0.2, 0) is 6.42 Å². The normalized spacial score (nSPS) is 10.7. The van der Waals surface area contributed by atoms with E-state index in [4.69, 9.17) is 11.6 Å². The van der Waals surface area contributed by atoms with Crippen LogP contribution in [0.3, 0.4) is 0 Å². The molecule has 3 aromatic rings. The molecule has 2 N–H and O–H groups in total. The molecule has 1 amide bonds. The quantitative estimate of drug-likeness (QED) is 0.757. The number of hydrogen-bond acceptors (Lipinski definition) is 5. The highest BCUT2D eigenvalue weighted by molar-refractivity contribution is 7.15. The van der Waals surface area contributed by atoms with Crippen LogP contribution in [0.1, 0.15) is 32.3 Å². The molecular weight excluding hydrogens is 334 g/mol. The first-order valence-corrected chi connectivity index (χ1v) is 8.12. The van der Waals surface area contributed by atoms with Gasteiger partial charge in [0.1, 0.15) is 0 Å². The Morgan fingerprint density at radius 2 is 2.04 bits per heavy atom. The summed E-state index contributed by atoms with van der Waals surface area (Å²) >= 11 is 7.63. The van der Waals surface area contributed by atoms with Gasteiger partial charge in [-0.3, -0.25) is 10.1 Å². The molecule has 2 aromatic heterocycles. The van der Waals surface area contributed by atoms with Gasteiger partial charge in [-0.05, 0) is 25.5 Å². The molecule has 2 heterocycles. The Labute approximate surface area is 141 Å². The molecule has 0 unspecified atom stereocenters. The van der Waals surface area contributed by atoms with Gasteiger partial charge in [-0.25, -0.2) is 4.98 Å². The minimum absolute atomic E-state index is 0.269. The van der Waals surface area contributed by atoms with Crippen molar-refractivity contribution in [2.45, 2.75) is 20.3 Å². The van der Waals surface area contributed by atoms with Crippen LogP contribution in [0.5, 0.6) is 0 Å². The third-order valence-electron chi connectivity index (χ3n) is 3.36. The van der Waals surface area contributed by atoms with E-state index in [1.54, 1.807) is 6.92 Å². The number of carbonyl (C=O) groups is 1. The highest BCUT2D eigenvalue weighted by atomic mass is 35.5. The minimum Gasteiger partial charge on any atom is -0.296 e. The van der Waals surface area contributed by atoms with E-state index < -0.39 is 0 Å². The lowest BCUT2D eigenvalue weighted by Crippen LogP contribution is -2.13. The first-order valence-electron chi connectivity index (χ1n) is 6.93. The second-order valence-corrected chi connectivity index (χ2v) is 6.50. The van der Waals surface area contributed by atoms with E-state index in [1.807, 2.05) is 31.2 Å². The van der Waals surface area contributed by atoms with E-state index in [0.29, 0.717) is 17.2 Å². The zero-order valence-corrected chi connectivity index (χ0v) is 14.1. The summed E-state index contributed by atoms with van der Waals surface area (Å²) in [5, 5.41) is 14.1. The van der Waals surface area contributed by atoms with Crippen molar-refractivity contribution >= 4 is 34.0 Å². The van der Waals surface area contributed by atoms with Crippen LogP contribution in [-0.4, -0.2) is 26.3 Å². The third-order valence-corrected chi connectivity index (χ3v) is 4.80. The molecule has 0 aliphatic carbocycles. The zero-order chi connectivity index (χ0) is 16.4. The maximum absolute atomic E-state index is 12.1. The fourth-order valence-electron chi connectivity index (χ4n) is 2.12. The van der Waals surface area contributed by atoms with E-state index in [9.17, 15) is 4.79 Å². The third kappa shape index (κ3) is 3.40. The summed E-state index contributed by atoms with van der Waals surface area (Å²) < 4.78 is 0. The molecule has 23 heavy (non-hydrogen) atoms. The Morgan fingerprint density at radius 3 is 2.74 bits per heavy atom. The number of benzene rings is 1. The number of H-pyrrole nitrogens is 1. The molecule has 3 rings (SSSR count). The van der Waals surface area contributed by atoms with Crippen molar-refractivity contribution in [3.63, 3.8) is 0 Å². The second kappa shape index (κ2) is 6.47. The Morgan fingerprint density at radius 1 is 1.26 bits per heavy atom. The van der Waals surface area contributed by atoms with Crippen LogP contribution in [0.2, 0.25) is 5.02 Å². The van der Waals surface area contributed by atoms with Gasteiger partial charge in [0.15, 0.2) is 10.8 Å². The molecule has 6 nitrogen and oxygen atoms in total. The lowest BCUT2D eigenvalue weighted by atomic mass is 10.1. The van der Waals surface area contributed by atoms with Gasteiger partial charge >= 0.3 is 0 Å². The molecule has 0 radical (unpaired) electrons. The molecule has 1 aromatic carbocycles. The van der Waals surface area contributed by atoms with E-state index in [1.165, 1.54) is 11.3 Å². The standard InChI is InChI=1S/C15H14ClN5OS/c1-8-12(7-10-5-3-4-6-11(10)16)23-15(17-8)18-14(22)13-9(2)19-21-20-13/h3-6H,7H2,1-2H3,(H,17,18,22)(H,19,20,21). The molecule has 0 saturated carbocycles. The summed E-state index contributed by atoms with van der Waals surface area (Å²) in [4.78, 5) is 17.6. The van der Waals surface area contributed by atoms with Gasteiger partial charge in [0, 0.05) is 16.3 Å². The van der Waals surface area contributed by atoms with E-state index in [-0.39, 0.29) is 11.6 Å². The minimum atomic E-state index is -0.325. The van der Waals surface area contributed by atoms with Crippen molar-refractivity contribution in [3.8, 4) is 0 Å². The van der Waals surface area contributed by atoms with Crippen LogP contribution in [0.4, 0.5) is 5.13 Å². The maximum Gasteiger partial charge on any atom is 0.279 e. The van der Waals surface area contributed by atoms with Crippen molar-refractivity contribution in [1.29, 1.82) is 0 Å². The van der Waals surface area contributed by atoms with Crippen LogP contribution >= 0.6 is 22.9 Å². The molecule has 0 atom stereocenters. The van der Waals surface area contributed by atoms with Gasteiger partial charge in [0.2, 0.25) is 0 Å². The summed E-state index contributed by atoms with van der Waals surface area (Å²) in [5.41, 5.74) is 2.73. The summed E-state index contributed by atoms with van der Waals surface area (Å²) in [6.45, 7) is 3.63. The molecule has 0 aliphatic heterocycles. The lowest BCUT2D eigenvalue weighted by molar-refractivity contribution is 0.102. The Bertz CT molecular complexity index is 857. The van der Waals surface area contributed by atoms with Crippen molar-refractivity contribution in [1.82, 2.24) is 20.4 Å². The van der Waals surface area contributed by atoms with Crippen LogP contribution in [0, 0.1) is 13.8 Å². The van der Waals surface area contributed by atoms with Gasteiger partial charge in [0.25, 0.3) is 5.91 Å². The predicted octanol–water partition coefficient (Wildman–Crippen LogP) is 3.37. The van der Waals surface area contributed by atoms with E-state index >= 15 is 0 Å². The van der Waals surface area contributed by atoms with Crippen molar-refractivity contribution < 1.29 is 4.79 Å². The number of nitrogens with zero attached hydrogens (tertiary/aromatic N) is 3. The van der Waals surface area contributed by atoms with Crippen molar-refractivity contribution in [2.75, 3.05) is 5.32 Å². The topological polar surface area (TPSA) is 83.6 Å². The van der Waals surface area contributed by atoms with Crippen LogP contribution in [0.25, 0.3) is 0 Å². The largest absolute Gasteiger partial charge is 0.296 e. The van der Waals surface area contributed by atoms with E-state index in [2.05, 4.69) is 25.7 Å². The zero-order valence-electron chi connectivity index (χ0n) is 12.6. The Balaban J connectivity index is 1.77. The van der Waals surface area contributed by atoms with Crippen LogP contribution < -0.4 is 5.32 Å². The number of anilines is 1. The number of aryl methyl sites for hydroxylation is 2. The number of amides is 1. The predicted molar refractivity (Wildman–Crippen MR) is 90.2 cm³/mol. The van der Waals surface area contributed by atoms with Gasteiger partial charge in [-0.15, -0.1) is 11.3 Å². The molecule has 0 saturated heterocycles. The Kier molecular flexibility index (Phi) is 4.40. The SMILES string of the molecule is Cc1n[nH]nc1C(=O)Nc1nc(C)c(Cc2ccccc2Cl)s1. The fourth-order valence-corrected chi connectivity index (χ4v) is 3.30. The molecule has 0 bridgehead atoms. The fraction of sp³-hybridized carbons (Fsp3) is 0.200. The van der Waals surface area contributed by atoms with Gasteiger partial charge < -0.3 is 0 Å². The van der Waals surface area contributed by atoms with Crippen LogP contribution in [0.15, 0.2) is 24.3 Å². The first-order chi connectivity index (χ1) is 11.0. The molecule has 118 valence electrons. The number of rotatable bonds is 4. The molecule has 0 spiro atoms. The highest BCUT2D eigenvalue weighted by Crippen LogP contribution is 2.28. The molecule has 8 heteroatoms. The average molecular weight is 348 g/mol. The Hall–Kier alpha value is -2.25. The van der Waals surface area contributed by atoms with E-state index in [0.717, 1.165) is 21.2 Å². The number of thiazole rings is 1. The van der Waals surface area contributed by atoms with Crippen molar-refractivity contribution in [3.05, 3.63) is 56.8 Å². The number of carbonyl (C=O) groups excluding carboxylic acids is 1. The number of nitrogens with one attached hydrogen (secondary N) is 2. The number of aromatic nitrogens is 4. The molecule has 0 aliphatic rings.